The van der Waals surface area contributed by atoms with Crippen LogP contribution in [0.25, 0.3) is 0 Å². The van der Waals surface area contributed by atoms with Gasteiger partial charge in [-0.2, -0.15) is 0 Å². The maximum atomic E-state index is 12.7. The van der Waals surface area contributed by atoms with E-state index in [0.717, 1.165) is 12.8 Å². The third-order valence-corrected chi connectivity index (χ3v) is 4.30. The van der Waals surface area contributed by atoms with E-state index in [4.69, 9.17) is 5.73 Å². The molecule has 0 bridgehead atoms. The first-order chi connectivity index (χ1) is 14.0. The van der Waals surface area contributed by atoms with E-state index >= 15 is 0 Å². The summed E-state index contributed by atoms with van der Waals surface area (Å²) in [4.78, 5) is 38.3. The summed E-state index contributed by atoms with van der Waals surface area (Å²) in [6.07, 6.45) is 1.80. The Morgan fingerprint density at radius 1 is 0.966 bits per heavy atom. The Balaban J connectivity index is 2.01. The molecule has 0 radical (unpaired) electrons. The number of amides is 3. The highest BCUT2D eigenvalue weighted by molar-refractivity contribution is 6.03. The Morgan fingerprint density at radius 3 is 2.31 bits per heavy atom. The average molecular weight is 396 g/mol. The number of carbonyl (C=O) groups excluding carboxylic acids is 3. The van der Waals surface area contributed by atoms with Crippen LogP contribution in [0.5, 0.6) is 0 Å². The number of nitrogens with zero attached hydrogens (tertiary/aromatic N) is 1. The SMILES string of the molecule is CCCN(CCC)C(=O)c1cccc(NCC(=O)Nc2ccccc2C(N)=O)c1. The standard InChI is InChI=1S/C22H28N4O3/c1-3-12-26(13-4-2)22(29)16-8-7-9-17(14-16)24-15-20(27)25-19-11-6-5-10-18(19)21(23)28/h5-11,14,24H,3-4,12-13,15H2,1-2H3,(H2,23,28)(H,25,27). The molecule has 2 rings (SSSR count). The van der Waals surface area contributed by atoms with Crippen molar-refractivity contribution >= 4 is 29.1 Å². The normalized spacial score (nSPS) is 10.3. The van der Waals surface area contributed by atoms with Gasteiger partial charge < -0.3 is 21.3 Å². The van der Waals surface area contributed by atoms with Crippen LogP contribution in [-0.2, 0) is 4.79 Å². The number of para-hydroxylation sites is 1. The number of nitrogens with one attached hydrogen (secondary N) is 2. The lowest BCUT2D eigenvalue weighted by Gasteiger charge is -2.21. The zero-order chi connectivity index (χ0) is 21.2. The molecule has 7 heteroatoms. The topological polar surface area (TPSA) is 105 Å². The smallest absolute Gasteiger partial charge is 0.253 e. The van der Waals surface area contributed by atoms with Crippen molar-refractivity contribution in [3.8, 4) is 0 Å². The molecule has 0 aliphatic carbocycles. The first-order valence-corrected chi connectivity index (χ1v) is 9.78. The molecule has 0 spiro atoms. The maximum Gasteiger partial charge on any atom is 0.253 e. The minimum Gasteiger partial charge on any atom is -0.376 e. The van der Waals surface area contributed by atoms with Crippen molar-refractivity contribution in [2.75, 3.05) is 30.3 Å². The van der Waals surface area contributed by atoms with Gasteiger partial charge in [0.25, 0.3) is 11.8 Å². The van der Waals surface area contributed by atoms with Crippen molar-refractivity contribution in [1.82, 2.24) is 4.90 Å². The molecule has 0 unspecified atom stereocenters. The Hall–Kier alpha value is -3.35. The fraction of sp³-hybridized carbons (Fsp3) is 0.318. The summed E-state index contributed by atoms with van der Waals surface area (Å²) < 4.78 is 0. The Morgan fingerprint density at radius 2 is 1.66 bits per heavy atom. The van der Waals surface area contributed by atoms with Gasteiger partial charge in [0, 0.05) is 24.3 Å². The van der Waals surface area contributed by atoms with Gasteiger partial charge in [-0.25, -0.2) is 0 Å². The third-order valence-electron chi connectivity index (χ3n) is 4.30. The second-order valence-electron chi connectivity index (χ2n) is 6.68. The number of nitrogens with two attached hydrogens (primary N) is 1. The highest BCUT2D eigenvalue weighted by Crippen LogP contribution is 2.15. The number of carbonyl (C=O) groups is 3. The molecular formula is C22H28N4O3. The summed E-state index contributed by atoms with van der Waals surface area (Å²) in [6.45, 7) is 5.50. The minimum absolute atomic E-state index is 0.0155. The van der Waals surface area contributed by atoms with E-state index in [1.165, 1.54) is 0 Å². The molecule has 0 saturated carbocycles. The fourth-order valence-electron chi connectivity index (χ4n) is 2.98. The zero-order valence-electron chi connectivity index (χ0n) is 16.9. The van der Waals surface area contributed by atoms with Gasteiger partial charge >= 0.3 is 0 Å². The van der Waals surface area contributed by atoms with Gasteiger partial charge in [0.15, 0.2) is 0 Å². The van der Waals surface area contributed by atoms with Crippen molar-refractivity contribution in [2.24, 2.45) is 5.73 Å². The Bertz CT molecular complexity index is 861. The van der Waals surface area contributed by atoms with Crippen molar-refractivity contribution in [1.29, 1.82) is 0 Å². The largest absolute Gasteiger partial charge is 0.376 e. The monoisotopic (exact) mass is 396 g/mol. The molecule has 4 N–H and O–H groups in total. The zero-order valence-corrected chi connectivity index (χ0v) is 16.9. The lowest BCUT2D eigenvalue weighted by atomic mass is 10.1. The molecule has 2 aromatic carbocycles. The van der Waals surface area contributed by atoms with Crippen molar-refractivity contribution in [3.05, 3.63) is 59.7 Å². The summed E-state index contributed by atoms with van der Waals surface area (Å²) in [5.41, 5.74) is 7.19. The van der Waals surface area contributed by atoms with Crippen LogP contribution in [0.1, 0.15) is 47.4 Å². The van der Waals surface area contributed by atoms with E-state index in [2.05, 4.69) is 10.6 Å². The van der Waals surface area contributed by atoms with Gasteiger partial charge in [0.2, 0.25) is 5.91 Å². The molecule has 0 aliphatic rings. The second kappa shape index (κ2) is 10.8. The molecular weight excluding hydrogens is 368 g/mol. The first-order valence-electron chi connectivity index (χ1n) is 9.78. The maximum absolute atomic E-state index is 12.7. The van der Waals surface area contributed by atoms with Gasteiger partial charge in [0.1, 0.15) is 0 Å². The number of anilines is 2. The molecule has 3 amide bonds. The van der Waals surface area contributed by atoms with Gasteiger partial charge in [-0.15, -0.1) is 0 Å². The molecule has 0 saturated heterocycles. The predicted octanol–water partition coefficient (Wildman–Crippen LogP) is 3.10. The number of benzene rings is 2. The fourth-order valence-corrected chi connectivity index (χ4v) is 2.98. The molecule has 0 aliphatic heterocycles. The molecule has 7 nitrogen and oxygen atoms in total. The molecule has 0 heterocycles. The van der Waals surface area contributed by atoms with E-state index in [9.17, 15) is 14.4 Å². The van der Waals surface area contributed by atoms with E-state index in [1.54, 1.807) is 48.5 Å². The number of primary amides is 1. The first kappa shape index (κ1) is 21.9. The lowest BCUT2D eigenvalue weighted by molar-refractivity contribution is -0.114. The minimum atomic E-state index is -0.608. The van der Waals surface area contributed by atoms with Crippen LogP contribution in [0.15, 0.2) is 48.5 Å². The summed E-state index contributed by atoms with van der Waals surface area (Å²) in [5, 5.41) is 5.69. The Labute approximate surface area is 171 Å². The highest BCUT2D eigenvalue weighted by Gasteiger charge is 2.15. The molecule has 0 atom stereocenters. The molecule has 29 heavy (non-hydrogen) atoms. The quantitative estimate of drug-likeness (QED) is 0.574. The second-order valence-corrected chi connectivity index (χ2v) is 6.68. The van der Waals surface area contributed by atoms with Gasteiger partial charge in [0.05, 0.1) is 17.8 Å². The van der Waals surface area contributed by atoms with Crippen molar-refractivity contribution < 1.29 is 14.4 Å². The molecule has 154 valence electrons. The summed E-state index contributed by atoms with van der Waals surface area (Å²) in [6, 6.07) is 13.7. The van der Waals surface area contributed by atoms with E-state index in [0.29, 0.717) is 30.0 Å². The average Bonchev–Trinajstić information content (AvgIpc) is 2.72. The molecule has 2 aromatic rings. The van der Waals surface area contributed by atoms with Crippen LogP contribution in [-0.4, -0.2) is 42.3 Å². The lowest BCUT2D eigenvalue weighted by Crippen LogP contribution is -2.32. The number of hydrogen-bond acceptors (Lipinski definition) is 4. The van der Waals surface area contributed by atoms with E-state index < -0.39 is 5.91 Å². The van der Waals surface area contributed by atoms with Gasteiger partial charge in [-0.3, -0.25) is 14.4 Å². The van der Waals surface area contributed by atoms with Crippen LogP contribution < -0.4 is 16.4 Å². The van der Waals surface area contributed by atoms with Gasteiger partial charge in [-0.05, 0) is 43.2 Å². The van der Waals surface area contributed by atoms with Crippen LogP contribution >= 0.6 is 0 Å². The molecule has 0 fully saturated rings. The van der Waals surface area contributed by atoms with Crippen LogP contribution in [0.3, 0.4) is 0 Å². The molecule has 0 aromatic heterocycles. The Kier molecular flexibility index (Phi) is 8.21. The third kappa shape index (κ3) is 6.34. The highest BCUT2D eigenvalue weighted by atomic mass is 16.2. The van der Waals surface area contributed by atoms with E-state index in [-0.39, 0.29) is 23.9 Å². The van der Waals surface area contributed by atoms with Crippen LogP contribution in [0.4, 0.5) is 11.4 Å². The van der Waals surface area contributed by atoms with Crippen LogP contribution in [0, 0.1) is 0 Å². The van der Waals surface area contributed by atoms with Crippen LogP contribution in [0.2, 0.25) is 0 Å². The predicted molar refractivity (Wildman–Crippen MR) is 115 cm³/mol. The van der Waals surface area contributed by atoms with Crippen molar-refractivity contribution in [3.63, 3.8) is 0 Å². The van der Waals surface area contributed by atoms with Gasteiger partial charge in [-0.1, -0.05) is 32.0 Å². The van der Waals surface area contributed by atoms with Crippen molar-refractivity contribution in [2.45, 2.75) is 26.7 Å². The number of hydrogen-bond donors (Lipinski definition) is 3. The number of rotatable bonds is 10. The van der Waals surface area contributed by atoms with E-state index in [1.807, 2.05) is 18.7 Å². The summed E-state index contributed by atoms with van der Waals surface area (Å²) >= 11 is 0. The summed E-state index contributed by atoms with van der Waals surface area (Å²) in [7, 11) is 0. The summed E-state index contributed by atoms with van der Waals surface area (Å²) in [5.74, 6) is -0.949.